The lowest BCUT2D eigenvalue weighted by Crippen LogP contribution is -2.59. The van der Waals surface area contributed by atoms with Crippen LogP contribution in [0.5, 0.6) is 0 Å². The van der Waals surface area contributed by atoms with E-state index < -0.39 is 5.60 Å². The van der Waals surface area contributed by atoms with Crippen LogP contribution in [-0.2, 0) is 19.1 Å². The van der Waals surface area contributed by atoms with E-state index >= 15 is 0 Å². The van der Waals surface area contributed by atoms with E-state index in [9.17, 15) is 14.4 Å². The van der Waals surface area contributed by atoms with E-state index in [1.54, 1.807) is 6.92 Å². The minimum absolute atomic E-state index is 0.0312. The van der Waals surface area contributed by atoms with Crippen molar-refractivity contribution in [1.29, 1.82) is 0 Å². The zero-order valence-electron chi connectivity index (χ0n) is 20.8. The number of rotatable bonds is 6. The van der Waals surface area contributed by atoms with Gasteiger partial charge in [-0.05, 0) is 87.0 Å². The fraction of sp³-hybridized carbons (Fsp3) is 0.821. The Morgan fingerprint density at radius 1 is 1.09 bits per heavy atom. The maximum atomic E-state index is 13.1. The minimum Gasteiger partial charge on any atom is -0.450 e. The predicted octanol–water partition coefficient (Wildman–Crippen LogP) is 6.22. The van der Waals surface area contributed by atoms with Crippen molar-refractivity contribution >= 4 is 17.5 Å². The van der Waals surface area contributed by atoms with E-state index in [2.05, 4.69) is 27.7 Å². The third-order valence-electron chi connectivity index (χ3n) is 10.2. The molecule has 0 saturated heterocycles. The minimum atomic E-state index is -0.964. The van der Waals surface area contributed by atoms with Crippen molar-refractivity contribution in [1.82, 2.24) is 0 Å². The molecule has 4 heteroatoms. The summed E-state index contributed by atoms with van der Waals surface area (Å²) in [6.07, 6.45) is 11.6. The van der Waals surface area contributed by atoms with Crippen molar-refractivity contribution in [3.8, 4) is 0 Å². The fourth-order valence-corrected chi connectivity index (χ4v) is 8.57. The van der Waals surface area contributed by atoms with E-state index in [0.29, 0.717) is 42.9 Å². The molecule has 3 fully saturated rings. The molecule has 7 atom stereocenters. The second kappa shape index (κ2) is 8.40. The van der Waals surface area contributed by atoms with Crippen LogP contribution in [0.1, 0.15) is 105 Å². The summed E-state index contributed by atoms with van der Waals surface area (Å²) in [5.74, 6) is 2.00. The fourth-order valence-electron chi connectivity index (χ4n) is 8.57. The van der Waals surface area contributed by atoms with Crippen LogP contribution in [0.4, 0.5) is 0 Å². The van der Waals surface area contributed by atoms with Crippen LogP contribution in [0.2, 0.25) is 0 Å². The Morgan fingerprint density at radius 3 is 2.50 bits per heavy atom. The number of hydrogen-bond acceptors (Lipinski definition) is 4. The lowest BCUT2D eigenvalue weighted by Gasteiger charge is -2.60. The highest BCUT2D eigenvalue weighted by Crippen LogP contribution is 2.69. The average Bonchev–Trinajstić information content (AvgIpc) is 3.03. The molecule has 4 nitrogen and oxygen atoms in total. The summed E-state index contributed by atoms with van der Waals surface area (Å²) in [5.41, 5.74) is 0.212. The Balaban J connectivity index is 1.63. The van der Waals surface area contributed by atoms with Gasteiger partial charge in [-0.3, -0.25) is 14.4 Å². The summed E-state index contributed by atoms with van der Waals surface area (Å²) in [4.78, 5) is 38.1. The van der Waals surface area contributed by atoms with Gasteiger partial charge >= 0.3 is 5.97 Å². The summed E-state index contributed by atoms with van der Waals surface area (Å²) < 4.78 is 6.19. The molecule has 0 bridgehead atoms. The normalized spacial score (nSPS) is 43.0. The van der Waals surface area contributed by atoms with Gasteiger partial charge < -0.3 is 4.74 Å². The number of carbonyl (C=O) groups is 3. The van der Waals surface area contributed by atoms with Gasteiger partial charge in [-0.1, -0.05) is 46.1 Å². The molecule has 4 rings (SSSR count). The van der Waals surface area contributed by atoms with E-state index in [1.807, 2.05) is 6.08 Å². The SMILES string of the molecule is CCCCCC(=O)O[C@]1(C(C)=O)CC[C@H]2[C@@H]3C[C@H](C)C4=CC(=O)CC[C@]4(C)[C@H]3CC[C@@]21C. The smallest absolute Gasteiger partial charge is 0.306 e. The number of hydrogen-bond donors (Lipinski definition) is 0. The molecule has 0 aliphatic heterocycles. The summed E-state index contributed by atoms with van der Waals surface area (Å²) in [6.45, 7) is 10.7. The van der Waals surface area contributed by atoms with Crippen molar-refractivity contribution in [3.63, 3.8) is 0 Å². The molecule has 3 saturated carbocycles. The van der Waals surface area contributed by atoms with Crippen LogP contribution in [0.25, 0.3) is 0 Å². The van der Waals surface area contributed by atoms with Gasteiger partial charge in [-0.25, -0.2) is 0 Å². The third kappa shape index (κ3) is 3.42. The van der Waals surface area contributed by atoms with Gasteiger partial charge in [0.25, 0.3) is 0 Å². The van der Waals surface area contributed by atoms with Crippen LogP contribution in [0.3, 0.4) is 0 Å². The second-order valence-corrected chi connectivity index (χ2v) is 11.8. The van der Waals surface area contributed by atoms with Gasteiger partial charge in [0, 0.05) is 18.3 Å². The molecule has 4 aliphatic carbocycles. The van der Waals surface area contributed by atoms with Gasteiger partial charge in [-0.2, -0.15) is 0 Å². The van der Waals surface area contributed by atoms with Crippen LogP contribution in [-0.4, -0.2) is 23.1 Å². The Hall–Kier alpha value is -1.45. The standard InChI is InChI=1S/C28H42O4/c1-6-7-8-9-25(31)32-28(19(3)29)15-12-23-21-16-18(2)24-17-20(30)10-13-26(24,4)22(21)11-14-27(23,28)5/h17-18,21-23H,6-16H2,1-5H3/t18-,21+,22-,23-,26+,27-,28-/m0/s1. The van der Waals surface area contributed by atoms with E-state index in [4.69, 9.17) is 4.74 Å². The molecule has 178 valence electrons. The van der Waals surface area contributed by atoms with Gasteiger partial charge in [-0.15, -0.1) is 0 Å². The van der Waals surface area contributed by atoms with Gasteiger partial charge in [0.1, 0.15) is 0 Å². The quantitative estimate of drug-likeness (QED) is 0.362. The number of carbonyl (C=O) groups excluding carboxylic acids is 3. The number of allylic oxidation sites excluding steroid dienone is 1. The van der Waals surface area contributed by atoms with E-state index in [0.717, 1.165) is 51.4 Å². The highest BCUT2D eigenvalue weighted by Gasteiger charge is 2.68. The zero-order chi connectivity index (χ0) is 23.3. The molecule has 0 aromatic carbocycles. The van der Waals surface area contributed by atoms with Crippen molar-refractivity contribution < 1.29 is 19.1 Å². The highest BCUT2D eigenvalue weighted by molar-refractivity contribution is 5.92. The molecule has 0 spiro atoms. The van der Waals surface area contributed by atoms with Gasteiger partial charge in [0.15, 0.2) is 17.2 Å². The molecule has 0 heterocycles. The highest BCUT2D eigenvalue weighted by atomic mass is 16.6. The van der Waals surface area contributed by atoms with E-state index in [1.165, 1.54) is 5.57 Å². The molecule has 0 N–H and O–H groups in total. The Bertz CT molecular complexity index is 827. The molecule has 0 amide bonds. The molecule has 0 unspecified atom stereocenters. The van der Waals surface area contributed by atoms with E-state index in [-0.39, 0.29) is 28.4 Å². The lowest BCUT2D eigenvalue weighted by atomic mass is 9.44. The topological polar surface area (TPSA) is 60.4 Å². The molecule has 0 aromatic rings. The number of unbranched alkanes of at least 4 members (excludes halogenated alkanes) is 2. The molecule has 0 aromatic heterocycles. The third-order valence-corrected chi connectivity index (χ3v) is 10.2. The first kappa shape index (κ1) is 23.7. The Kier molecular flexibility index (Phi) is 6.22. The Morgan fingerprint density at radius 2 is 1.81 bits per heavy atom. The number of ketones is 2. The first-order valence-corrected chi connectivity index (χ1v) is 13.1. The summed E-state index contributed by atoms with van der Waals surface area (Å²) in [7, 11) is 0. The first-order chi connectivity index (χ1) is 15.1. The van der Waals surface area contributed by atoms with Crippen LogP contribution in [0.15, 0.2) is 11.6 Å². The zero-order valence-corrected chi connectivity index (χ0v) is 20.8. The lowest BCUT2D eigenvalue weighted by molar-refractivity contribution is -0.189. The van der Waals surface area contributed by atoms with Crippen molar-refractivity contribution in [3.05, 3.63) is 11.6 Å². The molecule has 32 heavy (non-hydrogen) atoms. The Labute approximate surface area is 193 Å². The van der Waals surface area contributed by atoms with Crippen LogP contribution in [0, 0.1) is 34.5 Å². The number of fused-ring (bicyclic) bond motifs is 5. The van der Waals surface area contributed by atoms with Crippen LogP contribution >= 0.6 is 0 Å². The van der Waals surface area contributed by atoms with Crippen molar-refractivity contribution in [2.75, 3.05) is 0 Å². The maximum Gasteiger partial charge on any atom is 0.306 e. The summed E-state index contributed by atoms with van der Waals surface area (Å²) in [6, 6.07) is 0. The molecule has 4 aliphatic rings. The number of ether oxygens (including phenoxy) is 1. The number of esters is 1. The summed E-state index contributed by atoms with van der Waals surface area (Å²) in [5, 5.41) is 0. The first-order valence-electron chi connectivity index (χ1n) is 13.1. The second-order valence-electron chi connectivity index (χ2n) is 11.8. The molecular weight excluding hydrogens is 400 g/mol. The predicted molar refractivity (Wildman–Crippen MR) is 125 cm³/mol. The average molecular weight is 443 g/mol. The van der Waals surface area contributed by atoms with Gasteiger partial charge in [0.2, 0.25) is 0 Å². The van der Waals surface area contributed by atoms with Crippen molar-refractivity contribution in [2.45, 2.75) is 111 Å². The monoisotopic (exact) mass is 442 g/mol. The van der Waals surface area contributed by atoms with Crippen LogP contribution < -0.4 is 0 Å². The van der Waals surface area contributed by atoms with Gasteiger partial charge in [0.05, 0.1) is 0 Å². The number of Topliss-reactive ketones (excluding diaryl/α,β-unsaturated/α-hetero) is 1. The molecule has 0 radical (unpaired) electrons. The van der Waals surface area contributed by atoms with Crippen molar-refractivity contribution in [2.24, 2.45) is 34.5 Å². The summed E-state index contributed by atoms with van der Waals surface area (Å²) >= 11 is 0. The molecular formula is C28H42O4. The largest absolute Gasteiger partial charge is 0.450 e. The maximum absolute atomic E-state index is 13.1.